The van der Waals surface area contributed by atoms with Crippen LogP contribution in [0.3, 0.4) is 0 Å². The van der Waals surface area contributed by atoms with Crippen LogP contribution in [0.1, 0.15) is 17.5 Å². The standard InChI is InChI=1S/C25H29F3N6/c1-16-9-18(6-7-22(16)34-13-19-10-20(34)12-32(19)4)33-14-21(25(26,27)28)24(30-15-33)17-5-8-23(29-11-17)31(2)3/h5-9,11,14,19-20H,10,12-13,15H2,1-4H3/t19-,20-/m0/s1. The zero-order chi connectivity index (χ0) is 24.2. The molecule has 5 rings (SSSR count). The first-order chi connectivity index (χ1) is 16.1. The number of pyridine rings is 1. The summed E-state index contributed by atoms with van der Waals surface area (Å²) in [5, 5.41) is 0. The summed E-state index contributed by atoms with van der Waals surface area (Å²) in [6.45, 7) is 4.19. The van der Waals surface area contributed by atoms with E-state index in [0.717, 1.165) is 24.3 Å². The first-order valence-corrected chi connectivity index (χ1v) is 11.4. The van der Waals surface area contributed by atoms with Gasteiger partial charge in [-0.1, -0.05) is 0 Å². The average molecular weight is 471 g/mol. The van der Waals surface area contributed by atoms with Gasteiger partial charge in [-0.3, -0.25) is 9.89 Å². The third-order valence-corrected chi connectivity index (χ3v) is 7.04. The molecule has 9 heteroatoms. The van der Waals surface area contributed by atoms with E-state index in [1.54, 1.807) is 21.9 Å². The maximum Gasteiger partial charge on any atom is 0.419 e. The summed E-state index contributed by atoms with van der Waals surface area (Å²) in [6, 6.07) is 10.3. The van der Waals surface area contributed by atoms with Crippen LogP contribution in [0.4, 0.5) is 30.4 Å². The average Bonchev–Trinajstić information content (AvgIpc) is 3.37. The first kappa shape index (κ1) is 22.7. The molecule has 0 amide bonds. The van der Waals surface area contributed by atoms with Crippen LogP contribution in [0.25, 0.3) is 0 Å². The van der Waals surface area contributed by atoms with Gasteiger partial charge in [0.15, 0.2) is 0 Å². The first-order valence-electron chi connectivity index (χ1n) is 11.4. The van der Waals surface area contributed by atoms with E-state index < -0.39 is 11.7 Å². The van der Waals surface area contributed by atoms with Crippen molar-refractivity contribution in [3.05, 3.63) is 59.4 Å². The molecule has 0 radical (unpaired) electrons. The molecule has 4 heterocycles. The zero-order valence-electron chi connectivity index (χ0n) is 19.8. The Kier molecular flexibility index (Phi) is 5.55. The number of aromatic nitrogens is 1. The van der Waals surface area contributed by atoms with E-state index in [1.807, 2.05) is 39.2 Å². The molecule has 180 valence electrons. The van der Waals surface area contributed by atoms with Crippen LogP contribution >= 0.6 is 0 Å². The molecule has 0 aliphatic carbocycles. The highest BCUT2D eigenvalue weighted by molar-refractivity contribution is 6.14. The van der Waals surface area contributed by atoms with Crippen molar-refractivity contribution in [2.24, 2.45) is 4.99 Å². The zero-order valence-corrected chi connectivity index (χ0v) is 19.8. The summed E-state index contributed by atoms with van der Waals surface area (Å²) >= 11 is 0. The fourth-order valence-electron chi connectivity index (χ4n) is 5.19. The maximum absolute atomic E-state index is 14.0. The number of aliphatic imine (C=N–C) groups is 1. The van der Waals surface area contributed by atoms with Crippen LogP contribution in [0, 0.1) is 6.92 Å². The number of likely N-dealkylation sites (N-methyl/N-ethyl adjacent to an activating group) is 1. The van der Waals surface area contributed by atoms with Crippen molar-refractivity contribution in [2.45, 2.75) is 31.6 Å². The number of alkyl halides is 3. The van der Waals surface area contributed by atoms with Crippen LogP contribution in [-0.2, 0) is 0 Å². The molecule has 0 saturated carbocycles. The van der Waals surface area contributed by atoms with Gasteiger partial charge in [0.2, 0.25) is 0 Å². The quantitative estimate of drug-likeness (QED) is 0.674. The minimum absolute atomic E-state index is 0.0768. The lowest BCUT2D eigenvalue weighted by Crippen LogP contribution is -2.44. The lowest BCUT2D eigenvalue weighted by molar-refractivity contribution is -0.0863. The summed E-state index contributed by atoms with van der Waals surface area (Å²) in [7, 11) is 5.83. The number of nitrogens with zero attached hydrogens (tertiary/aromatic N) is 6. The topological polar surface area (TPSA) is 38.2 Å². The Balaban J connectivity index is 1.41. The van der Waals surface area contributed by atoms with E-state index in [0.29, 0.717) is 29.2 Å². The fourth-order valence-corrected chi connectivity index (χ4v) is 5.19. The molecule has 2 atom stereocenters. The number of aryl methyl sites for hydroxylation is 1. The van der Waals surface area contributed by atoms with E-state index in [4.69, 9.17) is 0 Å². The van der Waals surface area contributed by atoms with Crippen molar-refractivity contribution in [1.82, 2.24) is 9.88 Å². The predicted octanol–water partition coefficient (Wildman–Crippen LogP) is 4.06. The summed E-state index contributed by atoms with van der Waals surface area (Å²) in [5.41, 5.74) is 2.44. The number of halogens is 3. The monoisotopic (exact) mass is 470 g/mol. The Morgan fingerprint density at radius 1 is 1.06 bits per heavy atom. The van der Waals surface area contributed by atoms with Gasteiger partial charge in [0, 0.05) is 68.6 Å². The van der Waals surface area contributed by atoms with Gasteiger partial charge in [-0.15, -0.1) is 0 Å². The van der Waals surface area contributed by atoms with Gasteiger partial charge in [0.1, 0.15) is 12.5 Å². The van der Waals surface area contributed by atoms with Crippen molar-refractivity contribution in [3.8, 4) is 0 Å². The van der Waals surface area contributed by atoms with Crippen molar-refractivity contribution >= 4 is 22.9 Å². The number of hydrogen-bond acceptors (Lipinski definition) is 6. The number of fused-ring (bicyclic) bond motifs is 2. The third-order valence-electron chi connectivity index (χ3n) is 7.04. The highest BCUT2D eigenvalue weighted by Gasteiger charge is 2.42. The molecule has 2 fully saturated rings. The molecule has 1 aromatic heterocycles. The molecule has 0 spiro atoms. The van der Waals surface area contributed by atoms with Crippen LogP contribution in [0.15, 0.2) is 53.3 Å². The lowest BCUT2D eigenvalue weighted by Gasteiger charge is -2.35. The van der Waals surface area contributed by atoms with Gasteiger partial charge >= 0.3 is 6.18 Å². The number of likely N-dealkylation sites (tertiary alicyclic amines) is 1. The molecule has 2 aromatic rings. The number of rotatable bonds is 4. The molecule has 6 nitrogen and oxygen atoms in total. The number of benzene rings is 1. The molecular weight excluding hydrogens is 441 g/mol. The number of anilines is 3. The Morgan fingerprint density at radius 3 is 2.41 bits per heavy atom. The van der Waals surface area contributed by atoms with Crippen molar-refractivity contribution in [3.63, 3.8) is 0 Å². The highest BCUT2D eigenvalue weighted by atomic mass is 19.4. The number of allylic oxidation sites excluding steroid dienone is 1. The third kappa shape index (κ3) is 4.02. The lowest BCUT2D eigenvalue weighted by atomic mass is 10.0. The fraction of sp³-hybridized carbons (Fsp3) is 0.440. The molecule has 3 aliphatic rings. The molecule has 3 aliphatic heterocycles. The minimum Gasteiger partial charge on any atom is -0.365 e. The largest absolute Gasteiger partial charge is 0.419 e. The summed E-state index contributed by atoms with van der Waals surface area (Å²) < 4.78 is 42.1. The Hall–Kier alpha value is -3.07. The van der Waals surface area contributed by atoms with Gasteiger partial charge in [-0.25, -0.2) is 4.98 Å². The van der Waals surface area contributed by atoms with Gasteiger partial charge in [0.25, 0.3) is 0 Å². The minimum atomic E-state index is -4.53. The molecule has 2 saturated heterocycles. The highest BCUT2D eigenvalue weighted by Crippen LogP contribution is 2.38. The number of hydrogen-bond donors (Lipinski definition) is 0. The van der Waals surface area contributed by atoms with Crippen LogP contribution < -0.4 is 14.7 Å². The molecule has 0 N–H and O–H groups in total. The molecule has 0 unspecified atom stereocenters. The summed E-state index contributed by atoms with van der Waals surface area (Å²) in [4.78, 5) is 16.8. The van der Waals surface area contributed by atoms with Gasteiger partial charge in [-0.05, 0) is 56.3 Å². The smallest absolute Gasteiger partial charge is 0.365 e. The van der Waals surface area contributed by atoms with Gasteiger partial charge < -0.3 is 14.7 Å². The summed E-state index contributed by atoms with van der Waals surface area (Å²) in [5.74, 6) is 0.674. The van der Waals surface area contributed by atoms with Crippen LogP contribution in [0.5, 0.6) is 0 Å². The van der Waals surface area contributed by atoms with Crippen molar-refractivity contribution < 1.29 is 13.2 Å². The summed E-state index contributed by atoms with van der Waals surface area (Å²) in [6.07, 6.45) is -0.746. The molecule has 2 bridgehead atoms. The molecular formula is C25H29F3N6. The maximum atomic E-state index is 14.0. The Labute approximate surface area is 198 Å². The van der Waals surface area contributed by atoms with Crippen molar-refractivity contribution in [1.29, 1.82) is 0 Å². The van der Waals surface area contributed by atoms with Crippen LogP contribution in [0.2, 0.25) is 0 Å². The molecule has 34 heavy (non-hydrogen) atoms. The van der Waals surface area contributed by atoms with Crippen molar-refractivity contribution in [2.75, 3.05) is 55.6 Å². The van der Waals surface area contributed by atoms with E-state index in [-0.39, 0.29) is 12.4 Å². The second-order valence-electron chi connectivity index (χ2n) is 9.56. The number of piperazine rings is 1. The van der Waals surface area contributed by atoms with E-state index in [2.05, 4.69) is 26.8 Å². The van der Waals surface area contributed by atoms with E-state index in [1.165, 1.54) is 18.8 Å². The SMILES string of the molecule is Cc1cc(N2C=C(C(F)(F)F)C(c3ccc(N(C)C)nc3)=NC2)ccc1N1C[C@@H]2C[C@H]1CN2C. The van der Waals surface area contributed by atoms with Gasteiger partial charge in [-0.2, -0.15) is 13.2 Å². The predicted molar refractivity (Wildman–Crippen MR) is 130 cm³/mol. The van der Waals surface area contributed by atoms with Gasteiger partial charge in [0.05, 0.1) is 11.3 Å². The second kappa shape index (κ2) is 8.30. The van der Waals surface area contributed by atoms with E-state index in [9.17, 15) is 13.2 Å². The van der Waals surface area contributed by atoms with E-state index >= 15 is 0 Å². The Morgan fingerprint density at radius 2 is 1.85 bits per heavy atom. The van der Waals surface area contributed by atoms with Crippen LogP contribution in [-0.4, -0.2) is 74.8 Å². The Bertz CT molecular complexity index is 1140. The second-order valence-corrected chi connectivity index (χ2v) is 9.56. The normalized spacial score (nSPS) is 22.8. The molecule has 1 aromatic carbocycles.